The van der Waals surface area contributed by atoms with E-state index in [0.717, 1.165) is 0 Å². The van der Waals surface area contributed by atoms with Gasteiger partial charge in [-0.05, 0) is 24.3 Å². The lowest BCUT2D eigenvalue weighted by Gasteiger charge is -2.14. The van der Waals surface area contributed by atoms with Crippen molar-refractivity contribution in [3.63, 3.8) is 0 Å². The van der Waals surface area contributed by atoms with Crippen molar-refractivity contribution in [2.24, 2.45) is 0 Å². The molecule has 0 bridgehead atoms. The van der Waals surface area contributed by atoms with E-state index in [-0.39, 0.29) is 17.2 Å². The molecule has 1 aromatic carbocycles. The summed E-state index contributed by atoms with van der Waals surface area (Å²) in [6.45, 7) is -2.96. The molecule has 1 heterocycles. The number of halogens is 2. The summed E-state index contributed by atoms with van der Waals surface area (Å²) in [5.41, 5.74) is 0.639. The predicted molar refractivity (Wildman–Crippen MR) is 63.9 cm³/mol. The van der Waals surface area contributed by atoms with Crippen LogP contribution < -0.4 is 14.2 Å². The van der Waals surface area contributed by atoms with Crippen LogP contribution in [0.5, 0.6) is 17.2 Å². The fourth-order valence-electron chi connectivity index (χ4n) is 1.67. The molecule has 0 aliphatic rings. The summed E-state index contributed by atoms with van der Waals surface area (Å²) in [5.74, 6) is 0.715. The van der Waals surface area contributed by atoms with Crippen LogP contribution in [-0.2, 0) is 0 Å². The van der Waals surface area contributed by atoms with Crippen molar-refractivity contribution in [1.29, 1.82) is 0 Å². The van der Waals surface area contributed by atoms with Gasteiger partial charge in [-0.25, -0.2) is 0 Å². The number of rotatable bonds is 5. The normalized spacial score (nSPS) is 10.6. The highest BCUT2D eigenvalue weighted by Crippen LogP contribution is 2.42. The summed E-state index contributed by atoms with van der Waals surface area (Å²) in [7, 11) is 2.72. The first-order valence-electron chi connectivity index (χ1n) is 5.40. The molecule has 0 aliphatic heterocycles. The summed E-state index contributed by atoms with van der Waals surface area (Å²) in [6, 6.07) is 6.54. The molecule has 0 unspecified atom stereocenters. The van der Waals surface area contributed by atoms with Crippen molar-refractivity contribution in [3.05, 3.63) is 30.5 Å². The van der Waals surface area contributed by atoms with Crippen LogP contribution in [0.2, 0.25) is 0 Å². The Hall–Kier alpha value is -2.24. The van der Waals surface area contributed by atoms with E-state index in [0.29, 0.717) is 11.3 Å². The molecule has 0 saturated carbocycles. The average molecular weight is 270 g/mol. The molecule has 0 atom stereocenters. The summed E-state index contributed by atoms with van der Waals surface area (Å²) in [4.78, 5) is 0. The second-order valence-corrected chi connectivity index (χ2v) is 3.57. The molecule has 2 rings (SSSR count). The standard InChI is InChI=1S/C13H12F2O4/c1-16-10-6-8(9-4-3-5-18-9)7-11(17-2)12(10)19-13(14)15/h3-7,13H,1-2H3. The molecule has 4 nitrogen and oxygen atoms in total. The van der Waals surface area contributed by atoms with Gasteiger partial charge in [0.2, 0.25) is 5.75 Å². The summed E-state index contributed by atoms with van der Waals surface area (Å²) >= 11 is 0. The van der Waals surface area contributed by atoms with Gasteiger partial charge in [0.05, 0.1) is 20.5 Å². The molecule has 0 amide bonds. The third-order valence-corrected chi connectivity index (χ3v) is 2.47. The van der Waals surface area contributed by atoms with Gasteiger partial charge in [-0.1, -0.05) is 0 Å². The first-order valence-corrected chi connectivity index (χ1v) is 5.40. The molecule has 6 heteroatoms. The lowest BCUT2D eigenvalue weighted by Crippen LogP contribution is -2.05. The largest absolute Gasteiger partial charge is 0.493 e. The number of alkyl halides is 2. The van der Waals surface area contributed by atoms with Gasteiger partial charge in [0.25, 0.3) is 0 Å². The van der Waals surface area contributed by atoms with Crippen molar-refractivity contribution >= 4 is 0 Å². The van der Waals surface area contributed by atoms with E-state index < -0.39 is 6.61 Å². The third kappa shape index (κ3) is 2.78. The molecule has 0 saturated heterocycles. The number of benzene rings is 1. The average Bonchev–Trinajstić information content (AvgIpc) is 2.92. The monoisotopic (exact) mass is 270 g/mol. The highest BCUT2D eigenvalue weighted by atomic mass is 19.3. The molecule has 0 radical (unpaired) electrons. The van der Waals surface area contributed by atoms with Crippen LogP contribution in [0.1, 0.15) is 0 Å². The van der Waals surface area contributed by atoms with E-state index in [2.05, 4.69) is 4.74 Å². The molecule has 0 N–H and O–H groups in total. The lowest BCUT2D eigenvalue weighted by molar-refractivity contribution is -0.0526. The number of methoxy groups -OCH3 is 2. The Balaban J connectivity index is 2.51. The van der Waals surface area contributed by atoms with E-state index in [1.165, 1.54) is 20.5 Å². The smallest absolute Gasteiger partial charge is 0.387 e. The fourth-order valence-corrected chi connectivity index (χ4v) is 1.67. The van der Waals surface area contributed by atoms with Crippen molar-refractivity contribution < 1.29 is 27.4 Å². The Morgan fingerprint density at radius 2 is 1.74 bits per heavy atom. The Bertz CT molecular complexity index is 513. The van der Waals surface area contributed by atoms with Gasteiger partial charge in [-0.2, -0.15) is 8.78 Å². The van der Waals surface area contributed by atoms with E-state index in [4.69, 9.17) is 13.9 Å². The molecule has 19 heavy (non-hydrogen) atoms. The van der Waals surface area contributed by atoms with Gasteiger partial charge < -0.3 is 18.6 Å². The quantitative estimate of drug-likeness (QED) is 0.832. The molecule has 0 spiro atoms. The van der Waals surface area contributed by atoms with E-state index >= 15 is 0 Å². The van der Waals surface area contributed by atoms with Gasteiger partial charge in [0, 0.05) is 5.56 Å². The van der Waals surface area contributed by atoms with Crippen molar-refractivity contribution in [3.8, 4) is 28.6 Å². The number of furan rings is 1. The molecule has 0 fully saturated rings. The van der Waals surface area contributed by atoms with Crippen molar-refractivity contribution in [2.75, 3.05) is 14.2 Å². The fraction of sp³-hybridized carbons (Fsp3) is 0.231. The minimum Gasteiger partial charge on any atom is -0.493 e. The van der Waals surface area contributed by atoms with Gasteiger partial charge >= 0.3 is 6.61 Å². The molecular weight excluding hydrogens is 258 g/mol. The maximum atomic E-state index is 12.4. The Morgan fingerprint density at radius 3 is 2.16 bits per heavy atom. The number of hydrogen-bond acceptors (Lipinski definition) is 4. The minimum atomic E-state index is -2.96. The highest BCUT2D eigenvalue weighted by molar-refractivity contribution is 5.67. The van der Waals surface area contributed by atoms with Crippen molar-refractivity contribution in [1.82, 2.24) is 0 Å². The van der Waals surface area contributed by atoms with Crippen LogP contribution in [0.3, 0.4) is 0 Å². The van der Waals surface area contributed by atoms with Gasteiger partial charge in [-0.15, -0.1) is 0 Å². The zero-order valence-corrected chi connectivity index (χ0v) is 10.4. The lowest BCUT2D eigenvalue weighted by atomic mass is 10.1. The number of hydrogen-bond donors (Lipinski definition) is 0. The summed E-state index contributed by atoms with van der Waals surface area (Å²) in [5, 5.41) is 0. The zero-order valence-electron chi connectivity index (χ0n) is 10.4. The maximum Gasteiger partial charge on any atom is 0.387 e. The van der Waals surface area contributed by atoms with Crippen LogP contribution in [0.4, 0.5) is 8.78 Å². The van der Waals surface area contributed by atoms with Crippen LogP contribution >= 0.6 is 0 Å². The molecule has 0 aliphatic carbocycles. The molecular formula is C13H12F2O4. The van der Waals surface area contributed by atoms with Crippen molar-refractivity contribution in [2.45, 2.75) is 6.61 Å². The van der Waals surface area contributed by atoms with Crippen LogP contribution in [0.25, 0.3) is 11.3 Å². The van der Waals surface area contributed by atoms with Crippen LogP contribution in [0, 0.1) is 0 Å². The van der Waals surface area contributed by atoms with Crippen LogP contribution in [-0.4, -0.2) is 20.8 Å². The maximum absolute atomic E-state index is 12.4. The van der Waals surface area contributed by atoms with Gasteiger partial charge in [0.1, 0.15) is 5.76 Å². The second kappa shape index (κ2) is 5.60. The molecule has 2 aromatic rings. The summed E-state index contributed by atoms with van der Waals surface area (Å²) in [6.07, 6.45) is 1.51. The predicted octanol–water partition coefficient (Wildman–Crippen LogP) is 3.57. The SMILES string of the molecule is COc1cc(-c2ccco2)cc(OC)c1OC(F)F. The highest BCUT2D eigenvalue weighted by Gasteiger charge is 2.19. The Labute approximate surface area is 108 Å². The van der Waals surface area contributed by atoms with Crippen LogP contribution in [0.15, 0.2) is 34.9 Å². The topological polar surface area (TPSA) is 40.8 Å². The van der Waals surface area contributed by atoms with E-state index in [1.807, 2.05) is 0 Å². The zero-order chi connectivity index (χ0) is 13.8. The van der Waals surface area contributed by atoms with E-state index in [1.54, 1.807) is 24.3 Å². The first-order chi connectivity index (χ1) is 9.15. The number of ether oxygens (including phenoxy) is 3. The third-order valence-electron chi connectivity index (χ3n) is 2.47. The first kappa shape index (κ1) is 13.2. The molecule has 1 aromatic heterocycles. The minimum absolute atomic E-state index is 0.143. The Kier molecular flexibility index (Phi) is 3.89. The molecule has 102 valence electrons. The van der Waals surface area contributed by atoms with E-state index in [9.17, 15) is 8.78 Å². The Morgan fingerprint density at radius 1 is 1.11 bits per heavy atom. The second-order valence-electron chi connectivity index (χ2n) is 3.57. The summed E-state index contributed by atoms with van der Waals surface area (Å²) < 4.78 is 44.5. The van der Waals surface area contributed by atoms with Gasteiger partial charge in [0.15, 0.2) is 11.5 Å². The van der Waals surface area contributed by atoms with Gasteiger partial charge in [-0.3, -0.25) is 0 Å².